The van der Waals surface area contributed by atoms with Crippen molar-refractivity contribution >= 4 is 35.2 Å². The SMILES string of the molecule is CC(C)OCCOCCOCCOCCOCCOCCOCCOCCOCCOCCOCCCCCC(=O)Nc1cccc2c1C(=O)N(C1CCC(=O)NC1=O)C2=O. The molecule has 5 amide bonds. The topological polar surface area (TPSA) is 214 Å². The van der Waals surface area contributed by atoms with E-state index in [9.17, 15) is 24.0 Å². The van der Waals surface area contributed by atoms with Gasteiger partial charge in [0.1, 0.15) is 6.04 Å². The van der Waals surface area contributed by atoms with Crippen molar-refractivity contribution in [3.8, 4) is 0 Å². The monoisotopic (exact) mass is 869 g/mol. The number of rotatable bonds is 39. The second-order valence-corrected chi connectivity index (χ2v) is 14.1. The zero-order chi connectivity index (χ0) is 43.8. The summed E-state index contributed by atoms with van der Waals surface area (Å²) >= 11 is 0. The average molecular weight is 870 g/mol. The van der Waals surface area contributed by atoms with E-state index in [1.54, 1.807) is 12.1 Å². The van der Waals surface area contributed by atoms with Crippen LogP contribution in [0, 0.1) is 0 Å². The second-order valence-electron chi connectivity index (χ2n) is 14.1. The first-order valence-electron chi connectivity index (χ1n) is 21.3. The van der Waals surface area contributed by atoms with Gasteiger partial charge in [-0.3, -0.25) is 34.2 Å². The average Bonchev–Trinajstić information content (AvgIpc) is 3.49. The molecule has 0 saturated carbocycles. The molecule has 1 unspecified atom stereocenters. The summed E-state index contributed by atoms with van der Waals surface area (Å²) in [5.41, 5.74) is 0.381. The molecule has 19 heteroatoms. The van der Waals surface area contributed by atoms with E-state index in [0.29, 0.717) is 145 Å². The number of piperidine rings is 1. The lowest BCUT2D eigenvalue weighted by Gasteiger charge is -2.27. The van der Waals surface area contributed by atoms with E-state index in [4.69, 9.17) is 52.1 Å². The van der Waals surface area contributed by atoms with Crippen LogP contribution in [-0.2, 0) is 66.5 Å². The van der Waals surface area contributed by atoms with Crippen molar-refractivity contribution in [3.05, 3.63) is 29.3 Å². The van der Waals surface area contributed by atoms with Crippen molar-refractivity contribution in [3.63, 3.8) is 0 Å². The number of benzene rings is 1. The third kappa shape index (κ3) is 22.5. The van der Waals surface area contributed by atoms with E-state index in [1.807, 2.05) is 13.8 Å². The maximum Gasteiger partial charge on any atom is 0.264 e. The fourth-order valence-corrected chi connectivity index (χ4v) is 5.92. The van der Waals surface area contributed by atoms with Crippen LogP contribution in [0.1, 0.15) is 73.1 Å². The number of carbonyl (C=O) groups excluding carboxylic acids is 5. The lowest BCUT2D eigenvalue weighted by Crippen LogP contribution is -2.54. The minimum absolute atomic E-state index is 0.0277. The van der Waals surface area contributed by atoms with Crippen molar-refractivity contribution < 1.29 is 76.1 Å². The Hall–Kier alpha value is -3.47. The highest BCUT2D eigenvalue weighted by atomic mass is 16.6. The maximum absolute atomic E-state index is 13.2. The van der Waals surface area contributed by atoms with E-state index in [0.717, 1.165) is 17.7 Å². The highest BCUT2D eigenvalue weighted by molar-refractivity contribution is 6.26. The van der Waals surface area contributed by atoms with Crippen LogP contribution in [0.4, 0.5) is 5.69 Å². The molecule has 1 fully saturated rings. The van der Waals surface area contributed by atoms with Gasteiger partial charge in [0, 0.05) is 19.4 Å². The zero-order valence-corrected chi connectivity index (χ0v) is 36.0. The Morgan fingerprint density at radius 3 is 1.49 bits per heavy atom. The van der Waals surface area contributed by atoms with E-state index in [2.05, 4.69) is 10.6 Å². The van der Waals surface area contributed by atoms with Crippen molar-refractivity contribution in [2.75, 3.05) is 144 Å². The van der Waals surface area contributed by atoms with Gasteiger partial charge >= 0.3 is 0 Å². The van der Waals surface area contributed by atoms with Crippen LogP contribution in [0.2, 0.25) is 0 Å². The number of nitrogens with zero attached hydrogens (tertiary/aromatic N) is 1. The van der Waals surface area contributed by atoms with Gasteiger partial charge in [-0.15, -0.1) is 0 Å². The summed E-state index contributed by atoms with van der Waals surface area (Å²) in [4.78, 5) is 63.6. The number of carbonyl (C=O) groups is 5. The van der Waals surface area contributed by atoms with E-state index in [-0.39, 0.29) is 48.1 Å². The van der Waals surface area contributed by atoms with Crippen LogP contribution in [-0.4, -0.2) is 185 Å². The molecule has 1 atom stereocenters. The summed E-state index contributed by atoms with van der Waals surface area (Å²) < 4.78 is 60.3. The molecule has 0 aliphatic carbocycles. The molecule has 2 aliphatic rings. The first-order valence-corrected chi connectivity index (χ1v) is 21.3. The van der Waals surface area contributed by atoms with Gasteiger partial charge in [0.2, 0.25) is 17.7 Å². The number of nitrogens with one attached hydrogen (secondary N) is 2. The summed E-state index contributed by atoms with van der Waals surface area (Å²) in [6.45, 7) is 14.4. The quantitative estimate of drug-likeness (QED) is 0.0717. The van der Waals surface area contributed by atoms with Crippen LogP contribution >= 0.6 is 0 Å². The third-order valence-electron chi connectivity index (χ3n) is 8.96. The van der Waals surface area contributed by atoms with Crippen molar-refractivity contribution in [2.45, 2.75) is 64.5 Å². The Kier molecular flexibility index (Phi) is 28.2. The molecule has 1 saturated heterocycles. The Bertz CT molecular complexity index is 1420. The molecule has 1 aromatic carbocycles. The molecule has 2 N–H and O–H groups in total. The number of amides is 5. The fourth-order valence-electron chi connectivity index (χ4n) is 5.92. The van der Waals surface area contributed by atoms with Gasteiger partial charge in [0.05, 0.1) is 155 Å². The summed E-state index contributed by atoms with van der Waals surface area (Å²) in [6.07, 6.45) is 2.66. The van der Waals surface area contributed by atoms with Crippen LogP contribution in [0.15, 0.2) is 18.2 Å². The highest BCUT2D eigenvalue weighted by Crippen LogP contribution is 2.32. The number of imide groups is 2. The molecule has 1 aromatic rings. The van der Waals surface area contributed by atoms with Gasteiger partial charge in [-0.2, -0.15) is 0 Å². The van der Waals surface area contributed by atoms with E-state index in [1.165, 1.54) is 6.07 Å². The Morgan fingerprint density at radius 1 is 0.607 bits per heavy atom. The predicted octanol–water partition coefficient (Wildman–Crippen LogP) is 2.18. The Morgan fingerprint density at radius 2 is 1.05 bits per heavy atom. The van der Waals surface area contributed by atoms with Crippen LogP contribution < -0.4 is 10.6 Å². The van der Waals surface area contributed by atoms with Crippen LogP contribution in [0.3, 0.4) is 0 Å². The Labute approximate surface area is 358 Å². The summed E-state index contributed by atoms with van der Waals surface area (Å²) in [7, 11) is 0. The molecule has 19 nitrogen and oxygen atoms in total. The summed E-state index contributed by atoms with van der Waals surface area (Å²) in [5.74, 6) is -2.72. The zero-order valence-electron chi connectivity index (χ0n) is 36.0. The largest absolute Gasteiger partial charge is 0.379 e. The van der Waals surface area contributed by atoms with Gasteiger partial charge in [-0.05, 0) is 45.2 Å². The molecule has 61 heavy (non-hydrogen) atoms. The molecule has 0 spiro atoms. The number of hydrogen-bond acceptors (Lipinski definition) is 16. The molecular weight excluding hydrogens is 802 g/mol. The maximum atomic E-state index is 13.2. The summed E-state index contributed by atoms with van der Waals surface area (Å²) in [5, 5.41) is 4.91. The highest BCUT2D eigenvalue weighted by Gasteiger charge is 2.45. The van der Waals surface area contributed by atoms with Gasteiger partial charge in [0.25, 0.3) is 11.8 Å². The number of anilines is 1. The van der Waals surface area contributed by atoms with Gasteiger partial charge in [0.15, 0.2) is 0 Å². The summed E-state index contributed by atoms with van der Waals surface area (Å²) in [6, 6.07) is 3.53. The van der Waals surface area contributed by atoms with Gasteiger partial charge in [-0.1, -0.05) is 12.5 Å². The van der Waals surface area contributed by atoms with Crippen LogP contribution in [0.5, 0.6) is 0 Å². The second kappa shape index (κ2) is 33.1. The molecule has 346 valence electrons. The fraction of sp³-hybridized carbons (Fsp3) is 0.738. The van der Waals surface area contributed by atoms with Crippen molar-refractivity contribution in [1.29, 1.82) is 0 Å². The van der Waals surface area contributed by atoms with Crippen LogP contribution in [0.25, 0.3) is 0 Å². The van der Waals surface area contributed by atoms with Crippen molar-refractivity contribution in [2.24, 2.45) is 0 Å². The lowest BCUT2D eigenvalue weighted by molar-refractivity contribution is -0.136. The molecule has 0 bridgehead atoms. The predicted molar refractivity (Wildman–Crippen MR) is 219 cm³/mol. The standard InChI is InChI=1S/C42H67N3O16/c1-33(2)61-32-31-60-30-29-59-28-27-58-26-25-57-24-23-56-22-21-55-20-19-54-18-17-53-16-15-52-14-13-51-12-5-3-4-9-37(46)43-35-8-6-7-34-39(35)42(50)45(41(34)49)36-10-11-38(47)44-40(36)48/h6-8,33,36H,3-5,9-32H2,1-2H3,(H,43,46)(H,44,47,48). The molecule has 2 aliphatic heterocycles. The van der Waals surface area contributed by atoms with E-state index >= 15 is 0 Å². The number of unbranched alkanes of at least 4 members (excludes halogenated alkanes) is 2. The molecule has 0 radical (unpaired) electrons. The molecule has 2 heterocycles. The normalized spacial score (nSPS) is 15.3. The van der Waals surface area contributed by atoms with Gasteiger partial charge in [-0.25, -0.2) is 0 Å². The smallest absolute Gasteiger partial charge is 0.264 e. The van der Waals surface area contributed by atoms with Gasteiger partial charge < -0.3 is 57.4 Å². The van der Waals surface area contributed by atoms with Crippen molar-refractivity contribution in [1.82, 2.24) is 10.2 Å². The number of fused-ring (bicyclic) bond motifs is 1. The number of hydrogen-bond donors (Lipinski definition) is 2. The molecular formula is C42H67N3O16. The Balaban J connectivity index is 0.997. The third-order valence-corrected chi connectivity index (χ3v) is 8.96. The minimum Gasteiger partial charge on any atom is -0.379 e. The molecule has 0 aromatic heterocycles. The number of ether oxygens (including phenoxy) is 11. The lowest BCUT2D eigenvalue weighted by atomic mass is 10.0. The first kappa shape index (κ1) is 51.9. The minimum atomic E-state index is -1.07. The molecule has 3 rings (SSSR count). The first-order chi connectivity index (χ1) is 29.8. The van der Waals surface area contributed by atoms with E-state index < -0.39 is 29.7 Å².